The first-order chi connectivity index (χ1) is 13.3. The van der Waals surface area contributed by atoms with Gasteiger partial charge in [-0.15, -0.1) is 0 Å². The van der Waals surface area contributed by atoms with E-state index >= 15 is 0 Å². The van der Waals surface area contributed by atoms with Crippen molar-refractivity contribution < 1.29 is 49.2 Å². The summed E-state index contributed by atoms with van der Waals surface area (Å²) < 4.78 is 0. The first kappa shape index (κ1) is 40.5. The van der Waals surface area contributed by atoms with Crippen LogP contribution in [0.25, 0.3) is 0 Å². The maximum Gasteiger partial charge on any atom is 0.123 e. The minimum absolute atomic E-state index is 0. The van der Waals surface area contributed by atoms with E-state index in [2.05, 4.69) is 83.1 Å². The van der Waals surface area contributed by atoms with E-state index in [0.29, 0.717) is 11.5 Å². The molecule has 4 heteroatoms. The summed E-state index contributed by atoms with van der Waals surface area (Å²) in [6.07, 6.45) is 0. The van der Waals surface area contributed by atoms with Crippen LogP contribution in [-0.4, -0.2) is 10.2 Å². The zero-order valence-corrected chi connectivity index (χ0v) is 30.7. The third-order valence-electron chi connectivity index (χ3n) is 5.30. The van der Waals surface area contributed by atoms with E-state index in [0.717, 1.165) is 22.3 Å². The van der Waals surface area contributed by atoms with E-state index in [1.165, 1.54) is 0 Å². The van der Waals surface area contributed by atoms with Crippen molar-refractivity contribution in [1.29, 1.82) is 0 Å². The first-order valence-electron chi connectivity index (χ1n) is 10.9. The number of hydrogen-bond donors (Lipinski definition) is 2. The average Bonchev–Trinajstić information content (AvgIpc) is 2.51. The smallest absolute Gasteiger partial charge is 0.123 e. The molecule has 0 atom stereocenters. The molecule has 0 fully saturated rings. The molecule has 0 aliphatic heterocycles. The fourth-order valence-electron chi connectivity index (χ4n) is 3.51. The Morgan fingerprint density at radius 3 is 0.676 bits per heavy atom. The number of para-hydroxylation sites is 2. The van der Waals surface area contributed by atoms with Crippen molar-refractivity contribution in [3.8, 4) is 11.5 Å². The molecule has 0 amide bonds. The SMILES string of the molecule is CC(C)(C)c1cccc(C(C)(C)C)c1O.CC(C)(C)c1cccc(C(C)(C)C)c1O.[CH3-].[CH3-].[Zn].[Zn]. The second-order valence-electron chi connectivity index (χ2n) is 12.4. The largest absolute Gasteiger partial charge is 0.507 e. The second kappa shape index (κ2) is 14.1. The fraction of sp³-hybridized carbons (Fsp3) is 0.533. The van der Waals surface area contributed by atoms with Crippen LogP contribution in [0.2, 0.25) is 0 Å². The van der Waals surface area contributed by atoms with E-state index in [1.807, 2.05) is 36.4 Å². The van der Waals surface area contributed by atoms with Crippen LogP contribution in [-0.2, 0) is 60.6 Å². The molecule has 2 rings (SSSR count). The number of hydrogen-bond acceptors (Lipinski definition) is 2. The van der Waals surface area contributed by atoms with Crippen molar-refractivity contribution in [2.45, 2.75) is 105 Å². The molecule has 2 aromatic rings. The van der Waals surface area contributed by atoms with Crippen LogP contribution in [0.5, 0.6) is 11.5 Å². The quantitative estimate of drug-likeness (QED) is 0.244. The van der Waals surface area contributed by atoms with Gasteiger partial charge in [0.25, 0.3) is 0 Å². The molecule has 2 nitrogen and oxygen atoms in total. The van der Waals surface area contributed by atoms with Gasteiger partial charge in [0, 0.05) is 39.0 Å². The summed E-state index contributed by atoms with van der Waals surface area (Å²) in [5, 5.41) is 20.5. The molecule has 0 aliphatic rings. The molecule has 0 aliphatic carbocycles. The minimum atomic E-state index is -0.00859. The van der Waals surface area contributed by atoms with Gasteiger partial charge in [-0.1, -0.05) is 119 Å². The second-order valence-corrected chi connectivity index (χ2v) is 12.4. The Kier molecular flexibility index (Phi) is 16.8. The molecule has 188 valence electrons. The molecular weight excluding hydrogens is 523 g/mol. The average molecular weight is 574 g/mol. The summed E-state index contributed by atoms with van der Waals surface area (Å²) in [5.41, 5.74) is 4.06. The maximum absolute atomic E-state index is 10.3. The Morgan fingerprint density at radius 1 is 0.412 bits per heavy atom. The third kappa shape index (κ3) is 10.9. The van der Waals surface area contributed by atoms with Gasteiger partial charge in [-0.25, -0.2) is 0 Å². The van der Waals surface area contributed by atoms with Gasteiger partial charge < -0.3 is 25.1 Å². The Bertz CT molecular complexity index is 721. The van der Waals surface area contributed by atoms with Gasteiger partial charge >= 0.3 is 0 Å². The summed E-state index contributed by atoms with van der Waals surface area (Å²) in [6, 6.07) is 12.1. The van der Waals surface area contributed by atoms with Gasteiger partial charge in [-0.3, -0.25) is 0 Å². The van der Waals surface area contributed by atoms with E-state index in [9.17, 15) is 10.2 Å². The normalized spacial score (nSPS) is 11.4. The molecule has 2 aromatic carbocycles. The monoisotopic (exact) mass is 570 g/mol. The molecule has 0 spiro atoms. The predicted molar refractivity (Wildman–Crippen MR) is 144 cm³/mol. The Hall–Kier alpha value is -0.713. The van der Waals surface area contributed by atoms with Crippen molar-refractivity contribution in [2.75, 3.05) is 0 Å². The van der Waals surface area contributed by atoms with Crippen molar-refractivity contribution >= 4 is 0 Å². The zero-order chi connectivity index (χ0) is 23.7. The van der Waals surface area contributed by atoms with Gasteiger partial charge in [0.05, 0.1) is 0 Å². The van der Waals surface area contributed by atoms with Crippen LogP contribution in [0.4, 0.5) is 0 Å². The molecular formula is C30H50O2Zn2-2. The summed E-state index contributed by atoms with van der Waals surface area (Å²) in [4.78, 5) is 0. The number of phenols is 2. The van der Waals surface area contributed by atoms with Crippen LogP contribution in [0.3, 0.4) is 0 Å². The van der Waals surface area contributed by atoms with Gasteiger partial charge in [-0.05, 0) is 43.9 Å². The number of phenolic OH excluding ortho intramolecular Hbond substituents is 2. The van der Waals surface area contributed by atoms with E-state index in [1.54, 1.807) is 0 Å². The maximum atomic E-state index is 10.3. The standard InChI is InChI=1S/2C14H22O.2CH3.2Zn/c2*1-13(2,3)10-8-7-9-11(12(10)15)14(4,5)6;;;;/h2*7-9,15H,1-6H3;2*1H3;;/q;;2*-1;;. The molecule has 34 heavy (non-hydrogen) atoms. The van der Waals surface area contributed by atoms with Crippen LogP contribution in [0.15, 0.2) is 36.4 Å². The summed E-state index contributed by atoms with van der Waals surface area (Å²) >= 11 is 0. The molecule has 0 saturated heterocycles. The third-order valence-corrected chi connectivity index (χ3v) is 5.30. The Balaban J connectivity index is -0.000000237. The van der Waals surface area contributed by atoms with Crippen molar-refractivity contribution in [1.82, 2.24) is 0 Å². The molecule has 0 unspecified atom stereocenters. The minimum Gasteiger partial charge on any atom is -0.507 e. The van der Waals surface area contributed by atoms with Crippen molar-refractivity contribution in [2.24, 2.45) is 0 Å². The van der Waals surface area contributed by atoms with Crippen molar-refractivity contribution in [3.05, 3.63) is 73.5 Å². The van der Waals surface area contributed by atoms with Crippen LogP contribution in [0, 0.1) is 14.9 Å². The number of aromatic hydroxyl groups is 2. The Morgan fingerprint density at radius 2 is 0.559 bits per heavy atom. The van der Waals surface area contributed by atoms with E-state index < -0.39 is 0 Å². The van der Waals surface area contributed by atoms with Crippen LogP contribution >= 0.6 is 0 Å². The van der Waals surface area contributed by atoms with E-state index in [4.69, 9.17) is 0 Å². The molecule has 0 heterocycles. The van der Waals surface area contributed by atoms with Crippen molar-refractivity contribution in [3.63, 3.8) is 0 Å². The van der Waals surface area contributed by atoms with Gasteiger partial charge in [-0.2, -0.15) is 0 Å². The van der Waals surface area contributed by atoms with E-state index in [-0.39, 0.29) is 75.5 Å². The topological polar surface area (TPSA) is 40.5 Å². The summed E-state index contributed by atoms with van der Waals surface area (Å²) in [6.45, 7) is 25.4. The van der Waals surface area contributed by atoms with Crippen LogP contribution in [0.1, 0.15) is 105 Å². The first-order valence-corrected chi connectivity index (χ1v) is 10.9. The van der Waals surface area contributed by atoms with Gasteiger partial charge in [0.2, 0.25) is 0 Å². The number of benzene rings is 2. The van der Waals surface area contributed by atoms with Gasteiger partial charge in [0.1, 0.15) is 11.5 Å². The zero-order valence-electron chi connectivity index (χ0n) is 24.8. The van der Waals surface area contributed by atoms with Crippen LogP contribution < -0.4 is 0 Å². The fourth-order valence-corrected chi connectivity index (χ4v) is 3.51. The summed E-state index contributed by atoms with van der Waals surface area (Å²) in [5.74, 6) is 0.912. The molecule has 0 radical (unpaired) electrons. The molecule has 2 N–H and O–H groups in total. The number of rotatable bonds is 0. The Labute approximate surface area is 237 Å². The predicted octanol–water partition coefficient (Wildman–Crippen LogP) is 8.87. The molecule has 0 saturated carbocycles. The summed E-state index contributed by atoms with van der Waals surface area (Å²) in [7, 11) is 0. The molecule has 0 bridgehead atoms. The van der Waals surface area contributed by atoms with Gasteiger partial charge in [0.15, 0.2) is 0 Å². The molecule has 0 aromatic heterocycles.